The average Bonchev–Trinajstić information content (AvgIpc) is 2.62. The van der Waals surface area contributed by atoms with Crippen LogP contribution in [-0.2, 0) is 0 Å². The lowest BCUT2D eigenvalue weighted by Crippen LogP contribution is -2.19. The number of pyridine rings is 1. The number of nitrogens with one attached hydrogen (secondary N) is 1. The van der Waals surface area contributed by atoms with Crippen molar-refractivity contribution in [2.45, 2.75) is 11.4 Å². The molecule has 9 nitrogen and oxygen atoms in total. The normalized spacial score (nSPS) is 10.7. The van der Waals surface area contributed by atoms with E-state index in [1.807, 2.05) is 0 Å². The number of aromatic nitrogens is 4. The van der Waals surface area contributed by atoms with E-state index in [0.29, 0.717) is 30.3 Å². The van der Waals surface area contributed by atoms with E-state index >= 15 is 0 Å². The molecule has 0 saturated heterocycles. The van der Waals surface area contributed by atoms with Crippen molar-refractivity contribution in [1.29, 1.82) is 0 Å². The van der Waals surface area contributed by atoms with Gasteiger partial charge in [-0.3, -0.25) is 19.3 Å². The Morgan fingerprint density at radius 1 is 1.24 bits per heavy atom. The predicted molar refractivity (Wildman–Crippen MR) is 94.0 cm³/mol. The summed E-state index contributed by atoms with van der Waals surface area (Å²) in [6, 6.07) is 6.73. The van der Waals surface area contributed by atoms with E-state index in [1.54, 1.807) is 36.7 Å². The number of fused-ring (bicyclic) bond motifs is 1. The fourth-order valence-electron chi connectivity index (χ4n) is 2.15. The van der Waals surface area contributed by atoms with Crippen LogP contribution in [0.25, 0.3) is 5.65 Å². The van der Waals surface area contributed by atoms with Gasteiger partial charge >= 0.3 is 11.2 Å². The minimum atomic E-state index is -0.673. The molecule has 0 aliphatic rings. The van der Waals surface area contributed by atoms with Crippen LogP contribution in [0.4, 0.5) is 11.6 Å². The van der Waals surface area contributed by atoms with Gasteiger partial charge in [0.2, 0.25) is 5.95 Å². The van der Waals surface area contributed by atoms with Crippen LogP contribution < -0.4 is 10.9 Å². The first-order valence-corrected chi connectivity index (χ1v) is 8.45. The fraction of sp³-hybridized carbons (Fsp3) is 0.200. The van der Waals surface area contributed by atoms with Gasteiger partial charge in [0.25, 0.3) is 0 Å². The summed E-state index contributed by atoms with van der Waals surface area (Å²) in [4.78, 5) is 35.2. The Morgan fingerprint density at radius 2 is 2.04 bits per heavy atom. The van der Waals surface area contributed by atoms with Crippen LogP contribution in [0, 0.1) is 10.1 Å². The minimum absolute atomic E-state index is 0.136. The molecule has 0 aliphatic heterocycles. The summed E-state index contributed by atoms with van der Waals surface area (Å²) in [5.74, 6) is 1.09. The number of hydrogen-bond acceptors (Lipinski definition) is 8. The highest BCUT2D eigenvalue weighted by Gasteiger charge is 2.23. The van der Waals surface area contributed by atoms with Gasteiger partial charge in [0, 0.05) is 30.9 Å². The lowest BCUT2D eigenvalue weighted by molar-refractivity contribution is -0.389. The molecule has 0 amide bonds. The summed E-state index contributed by atoms with van der Waals surface area (Å²) >= 11 is 1.19. The Kier molecular flexibility index (Phi) is 5.19. The molecule has 128 valence electrons. The topological polar surface area (TPSA) is 115 Å². The quantitative estimate of drug-likeness (QED) is 0.224. The molecule has 0 aromatic carbocycles. The van der Waals surface area contributed by atoms with Crippen molar-refractivity contribution in [2.75, 3.05) is 17.6 Å². The zero-order valence-corrected chi connectivity index (χ0v) is 13.8. The number of thioether (sulfide) groups is 1. The SMILES string of the molecule is O=c1c([N+](=O)[O-])c(SCCCNc2ncccn2)nc2ccccn12. The Labute approximate surface area is 146 Å². The molecule has 10 heteroatoms. The Hall–Kier alpha value is -3.01. The first-order chi connectivity index (χ1) is 12.2. The van der Waals surface area contributed by atoms with Crippen LogP contribution in [0.5, 0.6) is 0 Å². The van der Waals surface area contributed by atoms with E-state index in [1.165, 1.54) is 22.4 Å². The summed E-state index contributed by atoms with van der Waals surface area (Å²) in [6.45, 7) is 0.609. The molecule has 0 atom stereocenters. The van der Waals surface area contributed by atoms with Crippen molar-refractivity contribution in [3.8, 4) is 0 Å². The standard InChI is InChI=1S/C15H14N6O3S/c22-14-12(21(23)24)13(19-11-5-1-2-9-20(11)14)25-10-4-8-18-15-16-6-3-7-17-15/h1-3,5-7,9H,4,8,10H2,(H,16,17,18). The largest absolute Gasteiger partial charge is 0.366 e. The van der Waals surface area contributed by atoms with Gasteiger partial charge in [-0.15, -0.1) is 0 Å². The van der Waals surface area contributed by atoms with Gasteiger partial charge in [-0.1, -0.05) is 17.8 Å². The van der Waals surface area contributed by atoms with E-state index in [-0.39, 0.29) is 5.03 Å². The van der Waals surface area contributed by atoms with Crippen LogP contribution in [0.2, 0.25) is 0 Å². The third-order valence-electron chi connectivity index (χ3n) is 3.27. The third kappa shape index (κ3) is 3.91. The van der Waals surface area contributed by atoms with Crippen molar-refractivity contribution in [1.82, 2.24) is 19.4 Å². The van der Waals surface area contributed by atoms with Crippen LogP contribution in [-0.4, -0.2) is 36.6 Å². The summed E-state index contributed by atoms with van der Waals surface area (Å²) in [5.41, 5.74) is -0.779. The van der Waals surface area contributed by atoms with Gasteiger partial charge in [0.1, 0.15) is 5.65 Å². The van der Waals surface area contributed by atoms with Crippen molar-refractivity contribution >= 4 is 29.0 Å². The van der Waals surface area contributed by atoms with Crippen molar-refractivity contribution in [3.05, 3.63) is 63.3 Å². The van der Waals surface area contributed by atoms with Gasteiger partial charge < -0.3 is 5.32 Å². The van der Waals surface area contributed by atoms with E-state index in [2.05, 4.69) is 20.3 Å². The summed E-state index contributed by atoms with van der Waals surface area (Å²) in [5, 5.41) is 14.5. The molecule has 1 N–H and O–H groups in total. The number of rotatable bonds is 7. The zero-order chi connectivity index (χ0) is 17.6. The first-order valence-electron chi connectivity index (χ1n) is 7.46. The molecular weight excluding hydrogens is 344 g/mol. The second kappa shape index (κ2) is 7.71. The maximum absolute atomic E-state index is 12.3. The second-order valence-electron chi connectivity index (χ2n) is 4.96. The smallest absolute Gasteiger partial charge is 0.354 e. The highest BCUT2D eigenvalue weighted by Crippen LogP contribution is 2.24. The molecule has 0 fully saturated rings. The summed E-state index contributed by atoms with van der Waals surface area (Å²) < 4.78 is 1.18. The number of nitro groups is 1. The van der Waals surface area contributed by atoms with E-state index in [4.69, 9.17) is 0 Å². The third-order valence-corrected chi connectivity index (χ3v) is 4.32. The molecule has 3 heterocycles. The maximum Gasteiger partial charge on any atom is 0.366 e. The van der Waals surface area contributed by atoms with Gasteiger partial charge in [0.15, 0.2) is 5.03 Å². The van der Waals surface area contributed by atoms with E-state index in [9.17, 15) is 14.9 Å². The molecule has 0 unspecified atom stereocenters. The lowest BCUT2D eigenvalue weighted by atomic mass is 10.4. The Balaban J connectivity index is 1.69. The van der Waals surface area contributed by atoms with Crippen molar-refractivity contribution < 1.29 is 4.92 Å². The highest BCUT2D eigenvalue weighted by atomic mass is 32.2. The van der Waals surface area contributed by atoms with Crippen molar-refractivity contribution in [3.63, 3.8) is 0 Å². The van der Waals surface area contributed by atoms with Crippen molar-refractivity contribution in [2.24, 2.45) is 0 Å². The average molecular weight is 358 g/mol. The fourth-order valence-corrected chi connectivity index (χ4v) is 3.09. The van der Waals surface area contributed by atoms with Crippen LogP contribution in [0.1, 0.15) is 6.42 Å². The minimum Gasteiger partial charge on any atom is -0.354 e. The molecule has 3 aromatic rings. The summed E-state index contributed by atoms with van der Waals surface area (Å²) in [7, 11) is 0. The van der Waals surface area contributed by atoms with Gasteiger partial charge in [-0.25, -0.2) is 15.0 Å². The van der Waals surface area contributed by atoms with Crippen LogP contribution in [0.3, 0.4) is 0 Å². The molecule has 0 saturated carbocycles. The predicted octanol–water partition coefficient (Wildman–Crippen LogP) is 1.99. The number of anilines is 1. The number of nitrogens with zero attached hydrogens (tertiary/aromatic N) is 5. The highest BCUT2D eigenvalue weighted by molar-refractivity contribution is 7.99. The molecule has 25 heavy (non-hydrogen) atoms. The monoisotopic (exact) mass is 358 g/mol. The van der Waals surface area contributed by atoms with Gasteiger partial charge in [-0.2, -0.15) is 0 Å². The van der Waals surface area contributed by atoms with E-state index < -0.39 is 16.2 Å². The second-order valence-corrected chi connectivity index (χ2v) is 6.04. The molecule has 0 aliphatic carbocycles. The van der Waals surface area contributed by atoms with Gasteiger partial charge in [0.05, 0.1) is 4.92 Å². The van der Waals surface area contributed by atoms with Crippen LogP contribution in [0.15, 0.2) is 52.7 Å². The molecule has 0 radical (unpaired) electrons. The Morgan fingerprint density at radius 3 is 2.80 bits per heavy atom. The maximum atomic E-state index is 12.3. The molecule has 0 spiro atoms. The molecule has 0 bridgehead atoms. The van der Waals surface area contributed by atoms with Gasteiger partial charge in [-0.05, 0) is 24.6 Å². The zero-order valence-electron chi connectivity index (χ0n) is 13.0. The summed E-state index contributed by atoms with van der Waals surface area (Å²) in [6.07, 6.45) is 5.45. The lowest BCUT2D eigenvalue weighted by Gasteiger charge is -2.06. The van der Waals surface area contributed by atoms with Crippen LogP contribution >= 0.6 is 11.8 Å². The Bertz CT molecular complexity index is 947. The van der Waals surface area contributed by atoms with E-state index in [0.717, 1.165) is 0 Å². The first kappa shape index (κ1) is 16.8. The molecule has 3 aromatic heterocycles. The number of hydrogen-bond donors (Lipinski definition) is 1. The molecular formula is C15H14N6O3S. The molecule has 3 rings (SSSR count).